The number of rotatable bonds is 8. The summed E-state index contributed by atoms with van der Waals surface area (Å²) < 4.78 is 15.6. The summed E-state index contributed by atoms with van der Waals surface area (Å²) in [5, 5.41) is 16.3. The summed E-state index contributed by atoms with van der Waals surface area (Å²) in [6.07, 6.45) is 2.91. The van der Waals surface area contributed by atoms with Gasteiger partial charge in [0.05, 0.1) is 18.3 Å². The second kappa shape index (κ2) is 9.17. The molecule has 9 nitrogen and oxygen atoms in total. The number of hydrogen-bond acceptors (Lipinski definition) is 7. The largest absolute Gasteiger partial charge is 0.548 e. The Morgan fingerprint density at radius 3 is 2.60 bits per heavy atom. The van der Waals surface area contributed by atoms with Crippen molar-refractivity contribution in [1.29, 1.82) is 0 Å². The molecule has 158 valence electrons. The van der Waals surface area contributed by atoms with Crippen LogP contribution in [0, 0.1) is 5.92 Å². The maximum atomic E-state index is 12.8. The minimum Gasteiger partial charge on any atom is -0.548 e. The molecule has 1 aliphatic heterocycles. The maximum absolute atomic E-state index is 12.8. The first-order valence-corrected chi connectivity index (χ1v) is 9.31. The number of carboxylic acid groups (broad SMARTS) is 1. The SMILES string of the molecule is CC(C)C[C@H](NC(=O)/C(=C\c1ccc2c(c1)OCO2)NC(=O)c1ccco1)C(=O)[O-]. The molecule has 3 rings (SSSR count). The average molecular weight is 413 g/mol. The average Bonchev–Trinajstić information content (AvgIpc) is 3.37. The first-order chi connectivity index (χ1) is 14.3. The summed E-state index contributed by atoms with van der Waals surface area (Å²) in [6, 6.07) is 6.74. The van der Waals surface area contributed by atoms with E-state index in [1.807, 2.05) is 13.8 Å². The van der Waals surface area contributed by atoms with Crippen molar-refractivity contribution in [3.63, 3.8) is 0 Å². The number of benzene rings is 1. The normalized spacial score (nSPS) is 13.8. The molecule has 2 aromatic rings. The van der Waals surface area contributed by atoms with E-state index in [4.69, 9.17) is 13.9 Å². The lowest BCUT2D eigenvalue weighted by Gasteiger charge is -2.22. The zero-order chi connectivity index (χ0) is 21.7. The molecule has 0 fully saturated rings. The fourth-order valence-electron chi connectivity index (χ4n) is 2.84. The standard InChI is InChI=1S/C21H22N2O7/c1-12(2)8-15(21(26)27)23-19(24)14(22-20(25)17-4-3-7-28-17)9-13-5-6-16-18(10-13)30-11-29-16/h3-7,9-10,12,15H,8,11H2,1-2H3,(H,22,25)(H,23,24)(H,26,27)/p-1/b14-9+/t15-/m0/s1. The van der Waals surface area contributed by atoms with Gasteiger partial charge in [0.2, 0.25) is 6.79 Å². The Hall–Kier alpha value is -3.75. The van der Waals surface area contributed by atoms with Crippen molar-refractivity contribution in [3.05, 3.63) is 53.6 Å². The number of fused-ring (bicyclic) bond motifs is 1. The van der Waals surface area contributed by atoms with Gasteiger partial charge in [-0.25, -0.2) is 0 Å². The molecule has 9 heteroatoms. The zero-order valence-electron chi connectivity index (χ0n) is 16.5. The number of ether oxygens (including phenoxy) is 2. The fourth-order valence-corrected chi connectivity index (χ4v) is 2.84. The molecule has 0 radical (unpaired) electrons. The number of nitrogens with one attached hydrogen (secondary N) is 2. The molecule has 0 aliphatic carbocycles. The fraction of sp³-hybridized carbons (Fsp3) is 0.286. The molecule has 1 atom stereocenters. The van der Waals surface area contributed by atoms with Crippen LogP contribution in [0.2, 0.25) is 0 Å². The van der Waals surface area contributed by atoms with Gasteiger partial charge in [0.15, 0.2) is 17.3 Å². The van der Waals surface area contributed by atoms with Crippen LogP contribution in [-0.2, 0) is 9.59 Å². The van der Waals surface area contributed by atoms with Crippen LogP contribution in [0.15, 0.2) is 46.7 Å². The molecule has 1 aromatic heterocycles. The van der Waals surface area contributed by atoms with Crippen molar-refractivity contribution in [1.82, 2.24) is 10.6 Å². The van der Waals surface area contributed by atoms with E-state index in [1.165, 1.54) is 24.5 Å². The second-order valence-corrected chi connectivity index (χ2v) is 7.08. The quantitative estimate of drug-likeness (QED) is 0.619. The third kappa shape index (κ3) is 5.19. The van der Waals surface area contributed by atoms with Crippen LogP contribution in [0.1, 0.15) is 36.4 Å². The third-order valence-corrected chi connectivity index (χ3v) is 4.24. The van der Waals surface area contributed by atoms with Gasteiger partial charge >= 0.3 is 0 Å². The highest BCUT2D eigenvalue weighted by molar-refractivity contribution is 6.05. The molecule has 0 saturated carbocycles. The number of furan rings is 1. The third-order valence-electron chi connectivity index (χ3n) is 4.24. The summed E-state index contributed by atoms with van der Waals surface area (Å²) >= 11 is 0. The molecule has 2 amide bonds. The molecule has 0 spiro atoms. The number of amides is 2. The molecular weight excluding hydrogens is 392 g/mol. The predicted octanol–water partition coefficient (Wildman–Crippen LogP) is 1.06. The Balaban J connectivity index is 1.87. The molecule has 0 saturated heterocycles. The molecular formula is C21H21N2O7-. The Kier molecular flexibility index (Phi) is 6.41. The monoisotopic (exact) mass is 413 g/mol. The topological polar surface area (TPSA) is 130 Å². The van der Waals surface area contributed by atoms with Crippen molar-refractivity contribution in [2.24, 2.45) is 5.92 Å². The van der Waals surface area contributed by atoms with Crippen molar-refractivity contribution in [2.75, 3.05) is 6.79 Å². The molecule has 2 heterocycles. The lowest BCUT2D eigenvalue weighted by Crippen LogP contribution is -2.50. The summed E-state index contributed by atoms with van der Waals surface area (Å²) in [7, 11) is 0. The van der Waals surface area contributed by atoms with Crippen molar-refractivity contribution >= 4 is 23.9 Å². The summed E-state index contributed by atoms with van der Waals surface area (Å²) in [4.78, 5) is 36.6. The van der Waals surface area contributed by atoms with Gasteiger partial charge in [-0.2, -0.15) is 0 Å². The number of aliphatic carboxylic acids is 1. The lowest BCUT2D eigenvalue weighted by molar-refractivity contribution is -0.308. The van der Waals surface area contributed by atoms with E-state index in [0.29, 0.717) is 17.1 Å². The van der Waals surface area contributed by atoms with E-state index in [-0.39, 0.29) is 30.6 Å². The predicted molar refractivity (Wildman–Crippen MR) is 103 cm³/mol. The summed E-state index contributed by atoms with van der Waals surface area (Å²) in [6.45, 7) is 3.74. The first kappa shape index (κ1) is 21.0. The van der Waals surface area contributed by atoms with Crippen LogP contribution in [0.25, 0.3) is 6.08 Å². The molecule has 0 bridgehead atoms. The smallest absolute Gasteiger partial charge is 0.291 e. The van der Waals surface area contributed by atoms with Gasteiger partial charge in [-0.1, -0.05) is 19.9 Å². The van der Waals surface area contributed by atoms with Gasteiger partial charge < -0.3 is 34.4 Å². The first-order valence-electron chi connectivity index (χ1n) is 9.31. The molecule has 1 aliphatic rings. The number of hydrogen-bond donors (Lipinski definition) is 2. The zero-order valence-corrected chi connectivity index (χ0v) is 16.5. The van der Waals surface area contributed by atoms with Crippen LogP contribution in [0.3, 0.4) is 0 Å². The minimum absolute atomic E-state index is 0.00183. The van der Waals surface area contributed by atoms with Gasteiger partial charge in [0.25, 0.3) is 11.8 Å². The van der Waals surface area contributed by atoms with Crippen molar-refractivity contribution in [2.45, 2.75) is 26.3 Å². The van der Waals surface area contributed by atoms with Gasteiger partial charge in [0.1, 0.15) is 5.70 Å². The maximum Gasteiger partial charge on any atom is 0.291 e. The van der Waals surface area contributed by atoms with E-state index in [1.54, 1.807) is 18.2 Å². The Labute approximate surface area is 172 Å². The Bertz CT molecular complexity index is 964. The highest BCUT2D eigenvalue weighted by Crippen LogP contribution is 2.33. The second-order valence-electron chi connectivity index (χ2n) is 7.08. The minimum atomic E-state index is -1.41. The lowest BCUT2D eigenvalue weighted by atomic mass is 10.0. The van der Waals surface area contributed by atoms with Crippen LogP contribution >= 0.6 is 0 Å². The molecule has 2 N–H and O–H groups in total. The summed E-state index contributed by atoms with van der Waals surface area (Å²) in [5.41, 5.74) is 0.378. The van der Waals surface area contributed by atoms with E-state index in [0.717, 1.165) is 0 Å². The van der Waals surface area contributed by atoms with Gasteiger partial charge in [0, 0.05) is 0 Å². The van der Waals surface area contributed by atoms with E-state index < -0.39 is 23.8 Å². The van der Waals surface area contributed by atoms with Gasteiger partial charge in [-0.15, -0.1) is 0 Å². The highest BCUT2D eigenvalue weighted by atomic mass is 16.7. The van der Waals surface area contributed by atoms with Crippen LogP contribution in [0.4, 0.5) is 0 Å². The van der Waals surface area contributed by atoms with Gasteiger partial charge in [-0.3, -0.25) is 9.59 Å². The van der Waals surface area contributed by atoms with Crippen molar-refractivity contribution in [3.8, 4) is 11.5 Å². The van der Waals surface area contributed by atoms with Crippen molar-refractivity contribution < 1.29 is 33.4 Å². The molecule has 0 unspecified atom stereocenters. The van der Waals surface area contributed by atoms with Crippen LogP contribution in [0.5, 0.6) is 11.5 Å². The Morgan fingerprint density at radius 2 is 1.93 bits per heavy atom. The number of carbonyl (C=O) groups excluding carboxylic acids is 3. The van der Waals surface area contributed by atoms with E-state index >= 15 is 0 Å². The Morgan fingerprint density at radius 1 is 1.17 bits per heavy atom. The summed E-state index contributed by atoms with van der Waals surface area (Å²) in [5.74, 6) is -1.78. The van der Waals surface area contributed by atoms with E-state index in [9.17, 15) is 19.5 Å². The molecule has 30 heavy (non-hydrogen) atoms. The number of carboxylic acids is 1. The number of carbonyl (C=O) groups is 3. The van der Waals surface area contributed by atoms with Gasteiger partial charge in [-0.05, 0) is 48.2 Å². The van der Waals surface area contributed by atoms with Crippen LogP contribution < -0.4 is 25.2 Å². The van der Waals surface area contributed by atoms with E-state index in [2.05, 4.69) is 10.6 Å². The van der Waals surface area contributed by atoms with Crippen LogP contribution in [-0.4, -0.2) is 30.6 Å². The molecule has 1 aromatic carbocycles. The highest BCUT2D eigenvalue weighted by Gasteiger charge is 2.21.